The Morgan fingerprint density at radius 1 is 1.18 bits per heavy atom. The third kappa shape index (κ3) is 3.65. The number of benzene rings is 1. The van der Waals surface area contributed by atoms with Crippen molar-refractivity contribution in [3.63, 3.8) is 0 Å². The molecule has 0 radical (unpaired) electrons. The van der Waals surface area contributed by atoms with Gasteiger partial charge in [-0.1, -0.05) is 30.3 Å². The Labute approximate surface area is 110 Å². The second-order valence-corrected chi connectivity index (χ2v) is 4.98. The fraction of sp³-hybridized carbons (Fsp3) is 0.214. The van der Waals surface area contributed by atoms with Gasteiger partial charge in [-0.25, -0.2) is 0 Å². The van der Waals surface area contributed by atoms with Crippen molar-refractivity contribution in [2.24, 2.45) is 5.73 Å². The third-order valence-corrected chi connectivity index (χ3v) is 3.17. The van der Waals surface area contributed by atoms with Crippen LogP contribution in [0.15, 0.2) is 53.3 Å². The van der Waals surface area contributed by atoms with Gasteiger partial charge in [0.2, 0.25) is 0 Å². The van der Waals surface area contributed by atoms with Crippen LogP contribution >= 0.6 is 15.9 Å². The predicted octanol–water partition coefficient (Wildman–Crippen LogP) is 3.48. The fourth-order valence-electron chi connectivity index (χ4n) is 1.78. The standard InChI is InChI=1S/C14H15BrN2/c15-13-8-11(9-17-10-13)6-7-14(16)12-4-2-1-3-5-12/h1-5,8-10,14H,6-7,16H2. The SMILES string of the molecule is NC(CCc1cncc(Br)c1)c1ccccc1. The molecule has 0 aliphatic rings. The lowest BCUT2D eigenvalue weighted by Gasteiger charge is -2.11. The van der Waals surface area contributed by atoms with E-state index in [1.807, 2.05) is 24.4 Å². The fourth-order valence-corrected chi connectivity index (χ4v) is 2.19. The molecule has 0 aliphatic carbocycles. The number of halogens is 1. The predicted molar refractivity (Wildman–Crippen MR) is 73.6 cm³/mol. The Morgan fingerprint density at radius 3 is 2.65 bits per heavy atom. The van der Waals surface area contributed by atoms with Gasteiger partial charge < -0.3 is 5.73 Å². The van der Waals surface area contributed by atoms with Gasteiger partial charge in [0.1, 0.15) is 0 Å². The Balaban J connectivity index is 1.95. The van der Waals surface area contributed by atoms with E-state index in [9.17, 15) is 0 Å². The zero-order chi connectivity index (χ0) is 12.1. The molecule has 1 aromatic heterocycles. The summed E-state index contributed by atoms with van der Waals surface area (Å²) in [7, 11) is 0. The van der Waals surface area contributed by atoms with Crippen LogP contribution in [0.4, 0.5) is 0 Å². The van der Waals surface area contributed by atoms with Crippen LogP contribution in [0.1, 0.15) is 23.6 Å². The Morgan fingerprint density at radius 2 is 1.94 bits per heavy atom. The van der Waals surface area contributed by atoms with Crippen molar-refractivity contribution in [3.05, 3.63) is 64.4 Å². The molecule has 1 atom stereocenters. The quantitative estimate of drug-likeness (QED) is 0.936. The van der Waals surface area contributed by atoms with Crippen LogP contribution in [0.3, 0.4) is 0 Å². The number of rotatable bonds is 4. The Bertz CT molecular complexity index is 471. The Hall–Kier alpha value is -1.19. The summed E-state index contributed by atoms with van der Waals surface area (Å²) in [6, 6.07) is 12.4. The molecule has 0 amide bonds. The van der Waals surface area contributed by atoms with Gasteiger partial charge in [0.25, 0.3) is 0 Å². The lowest BCUT2D eigenvalue weighted by atomic mass is 10.0. The van der Waals surface area contributed by atoms with Crippen LogP contribution < -0.4 is 5.73 Å². The number of pyridine rings is 1. The van der Waals surface area contributed by atoms with Gasteiger partial charge in [0.05, 0.1) is 0 Å². The number of nitrogens with two attached hydrogens (primary N) is 1. The van der Waals surface area contributed by atoms with Crippen molar-refractivity contribution in [3.8, 4) is 0 Å². The van der Waals surface area contributed by atoms with Crippen LogP contribution in [0, 0.1) is 0 Å². The third-order valence-electron chi connectivity index (χ3n) is 2.73. The molecule has 0 aliphatic heterocycles. The number of hydrogen-bond donors (Lipinski definition) is 1. The van der Waals surface area contributed by atoms with Gasteiger partial charge in [-0.05, 0) is 46.0 Å². The summed E-state index contributed by atoms with van der Waals surface area (Å²) in [5.41, 5.74) is 8.55. The minimum Gasteiger partial charge on any atom is -0.324 e. The average molecular weight is 291 g/mol. The first-order chi connectivity index (χ1) is 8.25. The second-order valence-electron chi connectivity index (χ2n) is 4.07. The first-order valence-electron chi connectivity index (χ1n) is 5.65. The van der Waals surface area contributed by atoms with E-state index in [1.165, 1.54) is 11.1 Å². The molecule has 2 aromatic rings. The van der Waals surface area contributed by atoms with Crippen molar-refractivity contribution in [1.82, 2.24) is 4.98 Å². The summed E-state index contributed by atoms with van der Waals surface area (Å²) in [4.78, 5) is 4.15. The summed E-state index contributed by atoms with van der Waals surface area (Å²) in [5.74, 6) is 0. The molecule has 0 spiro atoms. The molecule has 3 heteroatoms. The van der Waals surface area contributed by atoms with E-state index in [0.717, 1.165) is 17.3 Å². The van der Waals surface area contributed by atoms with Crippen molar-refractivity contribution in [1.29, 1.82) is 0 Å². The van der Waals surface area contributed by atoms with E-state index in [2.05, 4.69) is 39.1 Å². The lowest BCUT2D eigenvalue weighted by molar-refractivity contribution is 0.650. The average Bonchev–Trinajstić information content (AvgIpc) is 2.37. The van der Waals surface area contributed by atoms with Crippen molar-refractivity contribution >= 4 is 15.9 Å². The zero-order valence-corrected chi connectivity index (χ0v) is 11.1. The monoisotopic (exact) mass is 290 g/mol. The van der Waals surface area contributed by atoms with E-state index in [0.29, 0.717) is 0 Å². The molecule has 1 unspecified atom stereocenters. The van der Waals surface area contributed by atoms with E-state index < -0.39 is 0 Å². The molecule has 17 heavy (non-hydrogen) atoms. The normalized spacial score (nSPS) is 12.4. The van der Waals surface area contributed by atoms with Crippen molar-refractivity contribution < 1.29 is 0 Å². The maximum atomic E-state index is 6.15. The summed E-state index contributed by atoms with van der Waals surface area (Å²) in [5, 5.41) is 0. The molecule has 2 N–H and O–H groups in total. The van der Waals surface area contributed by atoms with Crippen molar-refractivity contribution in [2.45, 2.75) is 18.9 Å². The molecule has 0 bridgehead atoms. The first-order valence-corrected chi connectivity index (χ1v) is 6.45. The highest BCUT2D eigenvalue weighted by Crippen LogP contribution is 2.17. The van der Waals surface area contributed by atoms with Crippen molar-refractivity contribution in [2.75, 3.05) is 0 Å². The molecule has 2 rings (SSSR count). The molecule has 1 heterocycles. The van der Waals surface area contributed by atoms with E-state index >= 15 is 0 Å². The van der Waals surface area contributed by atoms with Gasteiger partial charge in [0.15, 0.2) is 0 Å². The zero-order valence-electron chi connectivity index (χ0n) is 9.51. The van der Waals surface area contributed by atoms with Crippen LogP contribution in [0.2, 0.25) is 0 Å². The van der Waals surface area contributed by atoms with Crippen LogP contribution in [0.5, 0.6) is 0 Å². The summed E-state index contributed by atoms with van der Waals surface area (Å²) in [6.45, 7) is 0. The summed E-state index contributed by atoms with van der Waals surface area (Å²) >= 11 is 3.42. The molecule has 0 saturated carbocycles. The van der Waals surface area contributed by atoms with E-state index in [1.54, 1.807) is 6.20 Å². The molecule has 0 fully saturated rings. The van der Waals surface area contributed by atoms with Crippen LogP contribution in [0.25, 0.3) is 0 Å². The highest BCUT2D eigenvalue weighted by atomic mass is 79.9. The number of hydrogen-bond acceptors (Lipinski definition) is 2. The van der Waals surface area contributed by atoms with Gasteiger partial charge in [-0.3, -0.25) is 4.98 Å². The number of aromatic nitrogens is 1. The maximum Gasteiger partial charge on any atom is 0.0410 e. The Kier molecular flexibility index (Phi) is 4.29. The van der Waals surface area contributed by atoms with Gasteiger partial charge in [-0.15, -0.1) is 0 Å². The number of aryl methyl sites for hydroxylation is 1. The smallest absolute Gasteiger partial charge is 0.0410 e. The van der Waals surface area contributed by atoms with Gasteiger partial charge in [-0.2, -0.15) is 0 Å². The lowest BCUT2D eigenvalue weighted by Crippen LogP contribution is -2.11. The molecule has 88 valence electrons. The van der Waals surface area contributed by atoms with E-state index in [4.69, 9.17) is 5.73 Å². The highest BCUT2D eigenvalue weighted by molar-refractivity contribution is 9.10. The molecule has 1 aromatic carbocycles. The minimum absolute atomic E-state index is 0.0928. The van der Waals surface area contributed by atoms with Crippen LogP contribution in [-0.2, 0) is 6.42 Å². The second kappa shape index (κ2) is 5.94. The molecular formula is C14H15BrN2. The molecule has 0 saturated heterocycles. The molecule has 2 nitrogen and oxygen atoms in total. The van der Waals surface area contributed by atoms with E-state index in [-0.39, 0.29) is 6.04 Å². The topological polar surface area (TPSA) is 38.9 Å². The minimum atomic E-state index is 0.0928. The van der Waals surface area contributed by atoms with Gasteiger partial charge in [0, 0.05) is 22.9 Å². The van der Waals surface area contributed by atoms with Gasteiger partial charge >= 0.3 is 0 Å². The largest absolute Gasteiger partial charge is 0.324 e. The maximum absolute atomic E-state index is 6.15. The highest BCUT2D eigenvalue weighted by Gasteiger charge is 2.05. The number of nitrogens with zero attached hydrogens (tertiary/aromatic N) is 1. The summed E-state index contributed by atoms with van der Waals surface area (Å²) in [6.07, 6.45) is 5.56. The van der Waals surface area contributed by atoms with Crippen LogP contribution in [-0.4, -0.2) is 4.98 Å². The molecular weight excluding hydrogens is 276 g/mol. The first kappa shape index (κ1) is 12.3. The summed E-state index contributed by atoms with van der Waals surface area (Å²) < 4.78 is 1.02.